The average molecular weight is 447 g/mol. The van der Waals surface area contributed by atoms with Crippen LogP contribution in [0.3, 0.4) is 0 Å². The van der Waals surface area contributed by atoms with E-state index in [0.717, 1.165) is 46.1 Å². The summed E-state index contributed by atoms with van der Waals surface area (Å²) < 4.78 is 2.17. The number of pyridine rings is 3. The standard InChI is InChI=1S/C31H18N4/c1-2-6-21-17(5-1)11-18-12-19-13-20-14-26-22-7-3-10-33-30(22)35-28-8-4-9-32-29(28)34-31(35)27(26)16-25(20)24(19)15-23(18)21/h1-10,12,14-16H,11,13H2. The molecule has 3 aromatic carbocycles. The Kier molecular flexibility index (Phi) is 3.11. The van der Waals surface area contributed by atoms with Gasteiger partial charge in [-0.3, -0.25) is 4.40 Å². The quantitative estimate of drug-likeness (QED) is 0.243. The number of aromatic nitrogens is 4. The molecule has 0 saturated carbocycles. The second-order valence-electron chi connectivity index (χ2n) is 9.72. The Morgan fingerprint density at radius 3 is 2.29 bits per heavy atom. The molecule has 0 unspecified atom stereocenters. The first-order valence-corrected chi connectivity index (χ1v) is 12.0. The second kappa shape index (κ2) is 6.10. The van der Waals surface area contributed by atoms with Crippen LogP contribution in [-0.4, -0.2) is 19.4 Å². The van der Waals surface area contributed by atoms with E-state index in [1.807, 2.05) is 18.3 Å². The van der Waals surface area contributed by atoms with Crippen molar-refractivity contribution in [2.75, 3.05) is 0 Å². The van der Waals surface area contributed by atoms with E-state index in [0.29, 0.717) is 0 Å². The van der Waals surface area contributed by atoms with Gasteiger partial charge in [0, 0.05) is 23.2 Å². The third-order valence-corrected chi connectivity index (χ3v) is 7.89. The Morgan fingerprint density at radius 2 is 1.31 bits per heavy atom. The third-order valence-electron chi connectivity index (χ3n) is 7.89. The molecule has 35 heavy (non-hydrogen) atoms. The van der Waals surface area contributed by atoms with E-state index in [1.165, 1.54) is 49.9 Å². The summed E-state index contributed by atoms with van der Waals surface area (Å²) in [7, 11) is 0. The fraction of sp³-hybridized carbons (Fsp3) is 0.0645. The highest BCUT2D eigenvalue weighted by Gasteiger charge is 2.26. The van der Waals surface area contributed by atoms with Crippen molar-refractivity contribution in [1.29, 1.82) is 0 Å². The molecule has 4 nitrogen and oxygen atoms in total. The molecular weight excluding hydrogens is 428 g/mol. The monoisotopic (exact) mass is 446 g/mol. The van der Waals surface area contributed by atoms with E-state index in [9.17, 15) is 0 Å². The van der Waals surface area contributed by atoms with Crippen molar-refractivity contribution >= 4 is 38.6 Å². The molecule has 0 fully saturated rings. The van der Waals surface area contributed by atoms with Crippen LogP contribution in [-0.2, 0) is 12.8 Å². The van der Waals surface area contributed by atoms with Gasteiger partial charge in [0.25, 0.3) is 0 Å². The fourth-order valence-corrected chi connectivity index (χ4v) is 6.38. The molecule has 0 bridgehead atoms. The summed E-state index contributed by atoms with van der Waals surface area (Å²) in [6.07, 6.45) is 5.66. The molecule has 0 amide bonds. The van der Waals surface area contributed by atoms with Gasteiger partial charge in [-0.05, 0) is 105 Å². The van der Waals surface area contributed by atoms with Crippen molar-refractivity contribution < 1.29 is 0 Å². The maximum atomic E-state index is 4.97. The third kappa shape index (κ3) is 2.20. The molecule has 7 aromatic rings. The maximum absolute atomic E-state index is 4.97. The van der Waals surface area contributed by atoms with Crippen molar-refractivity contribution in [3.05, 3.63) is 107 Å². The number of benzene rings is 3. The van der Waals surface area contributed by atoms with Crippen LogP contribution in [0.4, 0.5) is 0 Å². The van der Waals surface area contributed by atoms with Gasteiger partial charge in [0.1, 0.15) is 11.3 Å². The first-order valence-electron chi connectivity index (χ1n) is 12.0. The number of imidazole rings is 1. The van der Waals surface area contributed by atoms with Crippen molar-refractivity contribution in [3.63, 3.8) is 0 Å². The predicted molar refractivity (Wildman–Crippen MR) is 140 cm³/mol. The lowest BCUT2D eigenvalue weighted by atomic mass is 9.96. The van der Waals surface area contributed by atoms with Gasteiger partial charge in [0.15, 0.2) is 5.65 Å². The molecule has 0 spiro atoms. The minimum Gasteiger partial charge on any atom is -0.274 e. The largest absolute Gasteiger partial charge is 0.274 e. The zero-order valence-electron chi connectivity index (χ0n) is 18.8. The van der Waals surface area contributed by atoms with E-state index in [1.54, 1.807) is 6.20 Å². The van der Waals surface area contributed by atoms with Crippen molar-refractivity contribution in [2.45, 2.75) is 12.8 Å². The maximum Gasteiger partial charge on any atom is 0.178 e. The van der Waals surface area contributed by atoms with Crippen LogP contribution in [0.25, 0.3) is 60.9 Å². The van der Waals surface area contributed by atoms with E-state index in [-0.39, 0.29) is 0 Å². The SMILES string of the molecule is c1ccc2c(c1)Cc1cc3c(cc1-2)-c1cc2c(cc1C3)c1cccnc1n1c3cccnc3nc21. The zero-order chi connectivity index (χ0) is 22.7. The fourth-order valence-electron chi connectivity index (χ4n) is 6.38. The molecule has 0 atom stereocenters. The average Bonchev–Trinajstić information content (AvgIpc) is 3.57. The minimum atomic E-state index is 0.752. The normalized spacial score (nSPS) is 13.5. The Balaban J connectivity index is 1.40. The smallest absolute Gasteiger partial charge is 0.178 e. The summed E-state index contributed by atoms with van der Waals surface area (Å²) in [6.45, 7) is 0. The van der Waals surface area contributed by atoms with Gasteiger partial charge in [-0.2, -0.15) is 0 Å². The Labute approximate surface area is 200 Å². The molecule has 0 radical (unpaired) electrons. The van der Waals surface area contributed by atoms with E-state index < -0.39 is 0 Å². The molecule has 162 valence electrons. The van der Waals surface area contributed by atoms with Gasteiger partial charge in [-0.25, -0.2) is 15.0 Å². The first kappa shape index (κ1) is 17.8. The summed E-state index contributed by atoms with van der Waals surface area (Å²) >= 11 is 0. The molecule has 9 rings (SSSR count). The zero-order valence-corrected chi connectivity index (χ0v) is 18.8. The lowest BCUT2D eigenvalue weighted by Crippen LogP contribution is -1.95. The molecule has 4 aromatic heterocycles. The molecule has 4 heterocycles. The van der Waals surface area contributed by atoms with Gasteiger partial charge in [-0.1, -0.05) is 30.3 Å². The van der Waals surface area contributed by atoms with Gasteiger partial charge in [0.05, 0.1) is 5.52 Å². The van der Waals surface area contributed by atoms with Gasteiger partial charge in [0.2, 0.25) is 0 Å². The summed E-state index contributed by atoms with van der Waals surface area (Å²) in [5.41, 5.74) is 14.7. The minimum absolute atomic E-state index is 0.752. The highest BCUT2D eigenvalue weighted by Crippen LogP contribution is 2.46. The van der Waals surface area contributed by atoms with Gasteiger partial charge < -0.3 is 0 Å². The molecule has 0 aliphatic heterocycles. The second-order valence-corrected chi connectivity index (χ2v) is 9.72. The molecule has 0 saturated heterocycles. The van der Waals surface area contributed by atoms with Crippen LogP contribution >= 0.6 is 0 Å². The number of hydrogen-bond acceptors (Lipinski definition) is 3. The summed E-state index contributed by atoms with van der Waals surface area (Å²) in [5.74, 6) is 0. The Morgan fingerprint density at radius 1 is 0.543 bits per heavy atom. The molecule has 4 heteroatoms. The predicted octanol–water partition coefficient (Wildman–Crippen LogP) is 6.73. The Bertz CT molecular complexity index is 2070. The van der Waals surface area contributed by atoms with Crippen molar-refractivity contribution in [2.24, 2.45) is 0 Å². The molecule has 2 aliphatic rings. The summed E-state index contributed by atoms with van der Waals surface area (Å²) in [5, 5.41) is 3.50. The van der Waals surface area contributed by atoms with Gasteiger partial charge >= 0.3 is 0 Å². The topological polar surface area (TPSA) is 43.1 Å². The van der Waals surface area contributed by atoms with Crippen LogP contribution in [0.1, 0.15) is 22.3 Å². The van der Waals surface area contributed by atoms with Crippen LogP contribution in [0, 0.1) is 0 Å². The summed E-state index contributed by atoms with van der Waals surface area (Å²) in [4.78, 5) is 14.3. The van der Waals surface area contributed by atoms with Crippen LogP contribution < -0.4 is 0 Å². The number of nitrogens with zero attached hydrogens (tertiary/aromatic N) is 4. The van der Waals surface area contributed by atoms with E-state index in [4.69, 9.17) is 9.97 Å². The van der Waals surface area contributed by atoms with Crippen LogP contribution in [0.5, 0.6) is 0 Å². The highest BCUT2D eigenvalue weighted by molar-refractivity contribution is 6.14. The van der Waals surface area contributed by atoms with Crippen LogP contribution in [0.2, 0.25) is 0 Å². The first-order chi connectivity index (χ1) is 17.3. The molecule has 0 N–H and O–H groups in total. The number of hydrogen-bond donors (Lipinski definition) is 0. The molecular formula is C31H18N4. The Hall–Kier alpha value is -4.57. The van der Waals surface area contributed by atoms with E-state index in [2.05, 4.69) is 70.0 Å². The lowest BCUT2D eigenvalue weighted by molar-refractivity contribution is 1.21. The van der Waals surface area contributed by atoms with Crippen LogP contribution in [0.15, 0.2) is 85.2 Å². The van der Waals surface area contributed by atoms with Gasteiger partial charge in [-0.15, -0.1) is 0 Å². The number of rotatable bonds is 0. The van der Waals surface area contributed by atoms with Crippen molar-refractivity contribution in [3.8, 4) is 22.3 Å². The lowest BCUT2D eigenvalue weighted by Gasteiger charge is -2.11. The van der Waals surface area contributed by atoms with E-state index >= 15 is 0 Å². The molecule has 2 aliphatic carbocycles. The number of fused-ring (bicyclic) bond motifs is 14. The van der Waals surface area contributed by atoms with Crippen molar-refractivity contribution in [1.82, 2.24) is 19.4 Å². The summed E-state index contributed by atoms with van der Waals surface area (Å²) in [6, 6.07) is 26.7. The highest BCUT2D eigenvalue weighted by atomic mass is 15.1.